The van der Waals surface area contributed by atoms with E-state index in [1.54, 1.807) is 0 Å². The van der Waals surface area contributed by atoms with E-state index >= 15 is 4.39 Å². The van der Waals surface area contributed by atoms with E-state index in [1.807, 2.05) is 13.8 Å². The molecule has 2 aliphatic carbocycles. The lowest BCUT2D eigenvalue weighted by molar-refractivity contribution is -0.323. The van der Waals surface area contributed by atoms with Crippen molar-refractivity contribution in [2.75, 3.05) is 6.61 Å². The highest BCUT2D eigenvalue weighted by atomic mass is 19.4. The Morgan fingerprint density at radius 3 is 2.16 bits per heavy atom. The molecule has 2 rings (SSSR count). The summed E-state index contributed by atoms with van der Waals surface area (Å²) in [5.74, 6) is -0.225. The molecule has 0 aromatic carbocycles. The van der Waals surface area contributed by atoms with Gasteiger partial charge in [-0.3, -0.25) is 0 Å². The molecule has 0 heterocycles. The molecular weight excluding hydrogens is 260 g/mol. The molecule has 0 aliphatic heterocycles. The van der Waals surface area contributed by atoms with Gasteiger partial charge in [0.15, 0.2) is 11.3 Å². The fraction of sp³-hybridized carbons (Fsp3) is 1.00. The van der Waals surface area contributed by atoms with Crippen molar-refractivity contribution >= 4 is 0 Å². The van der Waals surface area contributed by atoms with E-state index < -0.39 is 23.4 Å². The molecule has 6 atom stereocenters. The summed E-state index contributed by atoms with van der Waals surface area (Å²) in [6.07, 6.45) is -4.16. The van der Waals surface area contributed by atoms with Gasteiger partial charge in [0.2, 0.25) is 0 Å². The van der Waals surface area contributed by atoms with E-state index in [-0.39, 0.29) is 24.9 Å². The van der Waals surface area contributed by atoms with Gasteiger partial charge >= 0.3 is 6.18 Å². The number of halogens is 4. The van der Waals surface area contributed by atoms with Gasteiger partial charge in [0.25, 0.3) is 0 Å². The first-order valence-electron chi connectivity index (χ1n) is 6.98. The van der Waals surface area contributed by atoms with Crippen LogP contribution >= 0.6 is 0 Å². The lowest BCUT2D eigenvalue weighted by atomic mass is 9.67. The molecule has 1 nitrogen and oxygen atoms in total. The maximum Gasteiger partial charge on any atom is 0.420 e. The van der Waals surface area contributed by atoms with E-state index in [0.717, 1.165) is 6.92 Å². The van der Waals surface area contributed by atoms with Gasteiger partial charge in [-0.25, -0.2) is 4.39 Å². The fourth-order valence-electron chi connectivity index (χ4n) is 4.23. The van der Waals surface area contributed by atoms with Crippen molar-refractivity contribution in [1.29, 1.82) is 0 Å². The molecule has 2 fully saturated rings. The Morgan fingerprint density at radius 1 is 1.21 bits per heavy atom. The van der Waals surface area contributed by atoms with Crippen LogP contribution in [0.15, 0.2) is 0 Å². The normalized spacial score (nSPS) is 45.5. The second-order valence-electron chi connectivity index (χ2n) is 6.35. The summed E-state index contributed by atoms with van der Waals surface area (Å²) in [6, 6.07) is 0. The summed E-state index contributed by atoms with van der Waals surface area (Å²) in [6.45, 7) is 6.11. The predicted molar refractivity (Wildman–Crippen MR) is 64.5 cm³/mol. The molecule has 0 amide bonds. The lowest BCUT2D eigenvalue weighted by Gasteiger charge is -2.48. The van der Waals surface area contributed by atoms with E-state index in [1.165, 1.54) is 6.92 Å². The number of rotatable bonds is 3. The number of hydrogen-bond donors (Lipinski definition) is 0. The van der Waals surface area contributed by atoms with Crippen molar-refractivity contribution in [1.82, 2.24) is 0 Å². The Balaban J connectivity index is 2.39. The summed E-state index contributed by atoms with van der Waals surface area (Å²) in [7, 11) is 0. The molecule has 0 radical (unpaired) electrons. The third kappa shape index (κ3) is 1.83. The topological polar surface area (TPSA) is 9.23 Å². The van der Waals surface area contributed by atoms with Crippen molar-refractivity contribution in [3.05, 3.63) is 0 Å². The predicted octanol–water partition coefficient (Wildman–Crippen LogP) is 4.36. The molecule has 0 aromatic heterocycles. The third-order valence-corrected chi connectivity index (χ3v) is 5.68. The molecule has 19 heavy (non-hydrogen) atoms. The van der Waals surface area contributed by atoms with Crippen molar-refractivity contribution < 1.29 is 22.3 Å². The first-order chi connectivity index (χ1) is 8.58. The number of hydrogen-bond acceptors (Lipinski definition) is 1. The zero-order valence-corrected chi connectivity index (χ0v) is 11.9. The zero-order valence-electron chi connectivity index (χ0n) is 11.9. The van der Waals surface area contributed by atoms with Crippen LogP contribution in [0.5, 0.6) is 0 Å². The highest BCUT2D eigenvalue weighted by molar-refractivity contribution is 5.16. The smallest absolute Gasteiger partial charge is 0.363 e. The SMILES string of the molecule is CCOC(C)(C(F)(F)F)C1(F)CC2CC1C(C)C2C. The van der Waals surface area contributed by atoms with E-state index in [0.29, 0.717) is 12.3 Å². The minimum absolute atomic E-state index is 0.0223. The van der Waals surface area contributed by atoms with Gasteiger partial charge in [-0.1, -0.05) is 13.8 Å². The fourth-order valence-corrected chi connectivity index (χ4v) is 4.23. The van der Waals surface area contributed by atoms with Crippen LogP contribution in [0.3, 0.4) is 0 Å². The van der Waals surface area contributed by atoms with Crippen LogP contribution in [0.4, 0.5) is 17.6 Å². The number of fused-ring (bicyclic) bond motifs is 2. The molecule has 0 N–H and O–H groups in total. The Labute approximate surface area is 111 Å². The van der Waals surface area contributed by atoms with E-state index in [2.05, 4.69) is 0 Å². The first-order valence-corrected chi connectivity index (χ1v) is 6.98. The van der Waals surface area contributed by atoms with Crippen molar-refractivity contribution in [2.24, 2.45) is 23.7 Å². The van der Waals surface area contributed by atoms with Gasteiger partial charge in [0.1, 0.15) is 0 Å². The molecule has 2 aliphatic rings. The van der Waals surface area contributed by atoms with Crippen LogP contribution in [0.25, 0.3) is 0 Å². The number of alkyl halides is 4. The third-order valence-electron chi connectivity index (χ3n) is 5.68. The quantitative estimate of drug-likeness (QED) is 0.699. The monoisotopic (exact) mass is 282 g/mol. The molecule has 112 valence electrons. The average Bonchev–Trinajstić information content (AvgIpc) is 2.76. The second-order valence-corrected chi connectivity index (χ2v) is 6.35. The summed E-state index contributed by atoms with van der Waals surface area (Å²) in [4.78, 5) is 0. The van der Waals surface area contributed by atoms with Crippen LogP contribution in [-0.2, 0) is 4.74 Å². The van der Waals surface area contributed by atoms with Gasteiger partial charge in [0.05, 0.1) is 0 Å². The van der Waals surface area contributed by atoms with Gasteiger partial charge in [-0.15, -0.1) is 0 Å². The maximum atomic E-state index is 15.3. The van der Waals surface area contributed by atoms with Crippen molar-refractivity contribution in [3.8, 4) is 0 Å². The highest BCUT2D eigenvalue weighted by Crippen LogP contribution is 2.64. The highest BCUT2D eigenvalue weighted by Gasteiger charge is 2.73. The summed E-state index contributed by atoms with van der Waals surface area (Å²) in [5.41, 5.74) is -4.99. The summed E-state index contributed by atoms with van der Waals surface area (Å²) < 4.78 is 60.4. The minimum Gasteiger partial charge on any atom is -0.363 e. The standard InChI is InChI=1S/C14H22F4O/c1-5-19-12(4,14(16,17)18)13(15)7-10-6-11(13)9(3)8(10)2/h8-11H,5-7H2,1-4H3. The Bertz CT molecular complexity index is 354. The van der Waals surface area contributed by atoms with E-state index in [4.69, 9.17) is 4.74 Å². The first kappa shape index (κ1) is 15.1. The van der Waals surface area contributed by atoms with E-state index in [9.17, 15) is 13.2 Å². The Morgan fingerprint density at radius 2 is 1.79 bits per heavy atom. The zero-order chi connectivity index (χ0) is 14.6. The molecule has 6 unspecified atom stereocenters. The molecule has 5 heteroatoms. The molecule has 2 saturated carbocycles. The molecular formula is C14H22F4O. The molecule has 2 bridgehead atoms. The lowest BCUT2D eigenvalue weighted by Crippen LogP contribution is -2.64. The average molecular weight is 282 g/mol. The minimum atomic E-state index is -4.69. The van der Waals surface area contributed by atoms with Crippen LogP contribution in [0.2, 0.25) is 0 Å². The summed E-state index contributed by atoms with van der Waals surface area (Å²) in [5, 5.41) is 0. The number of ether oxygens (including phenoxy) is 1. The van der Waals surface area contributed by atoms with Crippen LogP contribution in [0.1, 0.15) is 40.5 Å². The summed E-state index contributed by atoms with van der Waals surface area (Å²) >= 11 is 0. The second kappa shape index (κ2) is 4.34. The van der Waals surface area contributed by atoms with Gasteiger partial charge in [0, 0.05) is 6.61 Å². The van der Waals surface area contributed by atoms with Crippen molar-refractivity contribution in [3.63, 3.8) is 0 Å². The Kier molecular flexibility index (Phi) is 3.44. The molecule has 0 saturated heterocycles. The Hall–Kier alpha value is -0.320. The largest absolute Gasteiger partial charge is 0.420 e. The van der Waals surface area contributed by atoms with Gasteiger partial charge in [-0.2, -0.15) is 13.2 Å². The van der Waals surface area contributed by atoms with Crippen LogP contribution < -0.4 is 0 Å². The van der Waals surface area contributed by atoms with Crippen molar-refractivity contribution in [2.45, 2.75) is 58.0 Å². The van der Waals surface area contributed by atoms with Gasteiger partial charge in [-0.05, 0) is 50.4 Å². The van der Waals surface area contributed by atoms with Crippen LogP contribution in [0, 0.1) is 23.7 Å². The van der Waals surface area contributed by atoms with Gasteiger partial charge < -0.3 is 4.74 Å². The molecule has 0 spiro atoms. The van der Waals surface area contributed by atoms with Crippen LogP contribution in [-0.4, -0.2) is 24.1 Å². The maximum absolute atomic E-state index is 15.3. The molecule has 0 aromatic rings.